The smallest absolute Gasteiger partial charge is 0.444 e. The lowest BCUT2D eigenvalue weighted by Crippen LogP contribution is -2.37. The average Bonchev–Trinajstić information content (AvgIpc) is 2.98. The van der Waals surface area contributed by atoms with Gasteiger partial charge in [-0.25, -0.2) is 9.36 Å². The lowest BCUT2D eigenvalue weighted by atomic mass is 10.1. The molecule has 3 rings (SSSR count). The summed E-state index contributed by atoms with van der Waals surface area (Å²) >= 11 is 3.36. The fraction of sp³-hybridized carbons (Fsp3) is 0.200. The molecule has 0 aliphatic carbocycles. The van der Waals surface area contributed by atoms with Crippen LogP contribution in [0.1, 0.15) is 11.1 Å². The minimum Gasteiger partial charge on any atom is -0.444 e. The Morgan fingerprint density at radius 3 is 2.38 bits per heavy atom. The molecular formula is C20H16BrF3N2O3. The van der Waals surface area contributed by atoms with Gasteiger partial charge in [-0.15, -0.1) is 0 Å². The van der Waals surface area contributed by atoms with Crippen molar-refractivity contribution in [2.45, 2.75) is 19.2 Å². The van der Waals surface area contributed by atoms with Crippen LogP contribution < -0.4 is 5.32 Å². The van der Waals surface area contributed by atoms with Crippen molar-refractivity contribution in [3.63, 3.8) is 0 Å². The molecule has 0 aliphatic rings. The first-order chi connectivity index (χ1) is 13.8. The van der Waals surface area contributed by atoms with Crippen molar-refractivity contribution in [1.29, 1.82) is 0 Å². The number of nitrogens with one attached hydrogen (secondary N) is 1. The quantitative estimate of drug-likeness (QED) is 0.584. The zero-order chi connectivity index (χ0) is 21.0. The van der Waals surface area contributed by atoms with Crippen molar-refractivity contribution in [3.8, 4) is 0 Å². The summed E-state index contributed by atoms with van der Waals surface area (Å²) in [5.74, 6) is -2.00. The van der Waals surface area contributed by atoms with E-state index in [0.29, 0.717) is 21.1 Å². The van der Waals surface area contributed by atoms with Crippen LogP contribution in [0.4, 0.5) is 18.0 Å². The standard InChI is InChI=1S/C20H16BrF3N2O3/c21-17-15(10-11-25-18(27)20(22,23)24)14-8-4-5-9-16(14)26(17)19(28)29-12-13-6-2-1-3-7-13/h1-9H,10-12H2,(H,25,27). The maximum Gasteiger partial charge on any atom is 0.471 e. The number of benzene rings is 2. The summed E-state index contributed by atoms with van der Waals surface area (Å²) in [6, 6.07) is 16.1. The molecule has 0 atom stereocenters. The number of nitrogens with zero attached hydrogens (tertiary/aromatic N) is 1. The second-order valence-electron chi connectivity index (χ2n) is 6.17. The molecule has 0 spiro atoms. The fourth-order valence-electron chi connectivity index (χ4n) is 2.88. The van der Waals surface area contributed by atoms with Gasteiger partial charge in [0.05, 0.1) is 10.1 Å². The van der Waals surface area contributed by atoms with Gasteiger partial charge in [0, 0.05) is 11.9 Å². The van der Waals surface area contributed by atoms with Crippen LogP contribution in [-0.2, 0) is 22.6 Å². The molecule has 1 N–H and O–H groups in total. The molecule has 2 aromatic carbocycles. The first-order valence-corrected chi connectivity index (χ1v) is 9.42. The van der Waals surface area contributed by atoms with Crippen molar-refractivity contribution in [2.75, 3.05) is 6.54 Å². The Kier molecular flexibility index (Phi) is 6.26. The molecule has 0 aliphatic heterocycles. The first kappa shape index (κ1) is 20.9. The highest BCUT2D eigenvalue weighted by Gasteiger charge is 2.38. The van der Waals surface area contributed by atoms with Crippen LogP contribution in [0.3, 0.4) is 0 Å². The fourth-order valence-corrected chi connectivity index (χ4v) is 3.62. The number of fused-ring (bicyclic) bond motifs is 1. The predicted octanol–water partition coefficient (Wildman–Crippen LogP) is 4.81. The highest BCUT2D eigenvalue weighted by atomic mass is 79.9. The Bertz CT molecular complexity index is 1030. The van der Waals surface area contributed by atoms with Crippen LogP contribution in [0, 0.1) is 0 Å². The summed E-state index contributed by atoms with van der Waals surface area (Å²) in [7, 11) is 0. The molecule has 0 fully saturated rings. The van der Waals surface area contributed by atoms with E-state index < -0.39 is 18.2 Å². The highest BCUT2D eigenvalue weighted by molar-refractivity contribution is 9.10. The summed E-state index contributed by atoms with van der Waals surface area (Å²) in [5.41, 5.74) is 1.97. The van der Waals surface area contributed by atoms with Gasteiger partial charge in [0.1, 0.15) is 6.61 Å². The van der Waals surface area contributed by atoms with E-state index in [2.05, 4.69) is 15.9 Å². The van der Waals surface area contributed by atoms with E-state index in [0.717, 1.165) is 5.56 Å². The number of aromatic nitrogens is 1. The van der Waals surface area contributed by atoms with Crippen molar-refractivity contribution in [1.82, 2.24) is 9.88 Å². The van der Waals surface area contributed by atoms with Gasteiger partial charge in [-0.1, -0.05) is 48.5 Å². The molecule has 0 unspecified atom stereocenters. The van der Waals surface area contributed by atoms with Crippen LogP contribution in [0.15, 0.2) is 59.2 Å². The van der Waals surface area contributed by atoms with E-state index in [9.17, 15) is 22.8 Å². The van der Waals surface area contributed by atoms with Crippen LogP contribution in [-0.4, -0.2) is 29.3 Å². The number of para-hydroxylation sites is 1. The number of amides is 1. The summed E-state index contributed by atoms with van der Waals surface area (Å²) < 4.78 is 44.1. The normalized spacial score (nSPS) is 11.4. The zero-order valence-corrected chi connectivity index (χ0v) is 16.6. The zero-order valence-electron chi connectivity index (χ0n) is 15.0. The van der Waals surface area contributed by atoms with Gasteiger partial charge in [-0.3, -0.25) is 4.79 Å². The van der Waals surface area contributed by atoms with Gasteiger partial charge in [0.15, 0.2) is 0 Å². The lowest BCUT2D eigenvalue weighted by molar-refractivity contribution is -0.173. The van der Waals surface area contributed by atoms with Crippen LogP contribution >= 0.6 is 15.9 Å². The summed E-state index contributed by atoms with van der Waals surface area (Å²) in [6.07, 6.45) is -5.46. The molecule has 0 saturated carbocycles. The number of ether oxygens (including phenoxy) is 1. The van der Waals surface area contributed by atoms with E-state index in [1.54, 1.807) is 24.3 Å². The van der Waals surface area contributed by atoms with E-state index in [1.807, 2.05) is 35.6 Å². The maximum atomic E-state index is 12.7. The van der Waals surface area contributed by atoms with E-state index in [1.165, 1.54) is 4.57 Å². The number of halogens is 4. The van der Waals surface area contributed by atoms with Gasteiger partial charge in [0.2, 0.25) is 0 Å². The number of alkyl halides is 3. The third kappa shape index (κ3) is 4.79. The second-order valence-corrected chi connectivity index (χ2v) is 6.92. The van der Waals surface area contributed by atoms with Crippen LogP contribution in [0.2, 0.25) is 0 Å². The average molecular weight is 469 g/mol. The van der Waals surface area contributed by atoms with Gasteiger partial charge < -0.3 is 10.1 Å². The second kappa shape index (κ2) is 8.69. The van der Waals surface area contributed by atoms with Gasteiger partial charge >= 0.3 is 18.2 Å². The Balaban J connectivity index is 1.80. The van der Waals surface area contributed by atoms with E-state index in [4.69, 9.17) is 4.74 Å². The lowest BCUT2D eigenvalue weighted by Gasteiger charge is -2.09. The van der Waals surface area contributed by atoms with Crippen molar-refractivity contribution >= 4 is 38.8 Å². The van der Waals surface area contributed by atoms with Gasteiger partial charge in [-0.2, -0.15) is 13.2 Å². The largest absolute Gasteiger partial charge is 0.471 e. The van der Waals surface area contributed by atoms with Crippen LogP contribution in [0.25, 0.3) is 10.9 Å². The minimum atomic E-state index is -4.94. The van der Waals surface area contributed by atoms with Crippen molar-refractivity contribution in [2.24, 2.45) is 0 Å². The Hall–Kier alpha value is -2.81. The molecule has 5 nitrogen and oxygen atoms in total. The molecule has 0 radical (unpaired) electrons. The molecule has 1 aromatic heterocycles. The van der Waals surface area contributed by atoms with E-state index in [-0.39, 0.29) is 19.6 Å². The number of rotatable bonds is 5. The number of carbonyl (C=O) groups is 2. The molecule has 9 heteroatoms. The first-order valence-electron chi connectivity index (χ1n) is 8.63. The molecular weight excluding hydrogens is 453 g/mol. The molecule has 1 heterocycles. The molecule has 1 amide bonds. The molecule has 0 saturated heterocycles. The summed E-state index contributed by atoms with van der Waals surface area (Å²) in [5, 5.41) is 2.52. The third-order valence-electron chi connectivity index (χ3n) is 4.22. The number of carbonyl (C=O) groups excluding carboxylic acids is 2. The topological polar surface area (TPSA) is 60.3 Å². The number of hydrogen-bond donors (Lipinski definition) is 1. The maximum absolute atomic E-state index is 12.7. The van der Waals surface area contributed by atoms with Crippen LogP contribution in [0.5, 0.6) is 0 Å². The highest BCUT2D eigenvalue weighted by Crippen LogP contribution is 2.31. The van der Waals surface area contributed by atoms with Crippen molar-refractivity contribution in [3.05, 3.63) is 70.3 Å². The van der Waals surface area contributed by atoms with Crippen molar-refractivity contribution < 1.29 is 27.5 Å². The third-order valence-corrected chi connectivity index (χ3v) is 5.05. The van der Waals surface area contributed by atoms with Gasteiger partial charge in [0.25, 0.3) is 0 Å². The van der Waals surface area contributed by atoms with Gasteiger partial charge in [-0.05, 0) is 39.5 Å². The Morgan fingerprint density at radius 2 is 1.69 bits per heavy atom. The minimum absolute atomic E-state index is 0.0790. The molecule has 29 heavy (non-hydrogen) atoms. The SMILES string of the molecule is O=C(OCc1ccccc1)n1c(Br)c(CCNC(=O)C(F)(F)F)c2ccccc21. The Labute approximate surface area is 172 Å². The molecule has 3 aromatic rings. The summed E-state index contributed by atoms with van der Waals surface area (Å²) in [6.45, 7) is -0.153. The summed E-state index contributed by atoms with van der Waals surface area (Å²) in [4.78, 5) is 23.7. The molecule has 0 bridgehead atoms. The van der Waals surface area contributed by atoms with E-state index >= 15 is 0 Å². The number of hydrogen-bond acceptors (Lipinski definition) is 3. The monoisotopic (exact) mass is 468 g/mol. The Morgan fingerprint density at radius 1 is 1.03 bits per heavy atom. The predicted molar refractivity (Wildman–Crippen MR) is 104 cm³/mol. The molecule has 152 valence electrons.